The highest BCUT2D eigenvalue weighted by molar-refractivity contribution is 7.80. The topological polar surface area (TPSA) is 58.6 Å². The Morgan fingerprint density at radius 2 is 1.18 bits per heavy atom. The van der Waals surface area contributed by atoms with Crippen LogP contribution >= 0.6 is 12.2 Å². The number of hydrogen-bond acceptors (Lipinski definition) is 7. The van der Waals surface area contributed by atoms with Crippen LogP contribution in [0.25, 0.3) is 0 Å². The minimum absolute atomic E-state index is 0.286. The van der Waals surface area contributed by atoms with Crippen LogP contribution in [0.4, 0.5) is 0 Å². The average molecular weight is 560 g/mol. The van der Waals surface area contributed by atoms with E-state index < -0.39 is 0 Å². The second-order valence-corrected chi connectivity index (χ2v) is 10.0. The van der Waals surface area contributed by atoms with Crippen LogP contribution in [-0.4, -0.2) is 75.3 Å². The highest BCUT2D eigenvalue weighted by Crippen LogP contribution is 2.28. The molecule has 8 heteroatoms. The number of nitrogens with zero attached hydrogens (tertiary/aromatic N) is 1. The molecule has 0 fully saturated rings. The Labute approximate surface area is 239 Å². The van der Waals surface area contributed by atoms with Gasteiger partial charge in [-0.05, 0) is 37.1 Å². The van der Waals surface area contributed by atoms with E-state index in [0.717, 1.165) is 30.9 Å². The Hall–Kier alpha value is -2.55. The first-order chi connectivity index (χ1) is 19.2. The fraction of sp³-hybridized carbons (Fsp3) is 0.581. The number of unbranched alkanes of at least 4 members (excludes halogenated alkanes) is 4. The van der Waals surface area contributed by atoms with Gasteiger partial charge >= 0.3 is 0 Å². The Bertz CT molecular complexity index is 893. The summed E-state index contributed by atoms with van der Waals surface area (Å²) in [5.41, 5.74) is 0. The van der Waals surface area contributed by atoms with Crippen LogP contribution in [0.1, 0.15) is 52.4 Å². The molecule has 0 aromatic heterocycles. The molecule has 0 saturated carbocycles. The molecule has 1 heterocycles. The zero-order chi connectivity index (χ0) is 27.5. The number of ether oxygens (including phenoxy) is 6. The van der Waals surface area contributed by atoms with Crippen LogP contribution in [0.5, 0.6) is 23.0 Å². The first-order valence-electron chi connectivity index (χ1n) is 14.4. The monoisotopic (exact) mass is 559 g/mol. The zero-order valence-electron chi connectivity index (χ0n) is 23.6. The Morgan fingerprint density at radius 3 is 1.64 bits per heavy atom. The van der Waals surface area contributed by atoms with E-state index in [9.17, 15) is 0 Å². The molecule has 216 valence electrons. The van der Waals surface area contributed by atoms with Crippen molar-refractivity contribution in [1.82, 2.24) is 4.90 Å². The molecular formula is C31H45NO6S. The Balaban J connectivity index is 1.69. The molecule has 1 aliphatic rings. The molecule has 0 bridgehead atoms. The Morgan fingerprint density at radius 1 is 0.718 bits per heavy atom. The third-order valence-corrected chi connectivity index (χ3v) is 6.75. The van der Waals surface area contributed by atoms with Crippen LogP contribution in [-0.2, 0) is 9.47 Å². The van der Waals surface area contributed by atoms with Crippen molar-refractivity contribution in [2.45, 2.75) is 58.5 Å². The summed E-state index contributed by atoms with van der Waals surface area (Å²) in [4.78, 5) is 3.15. The SMILES string of the molecule is CCCCCN(CCCCC)C(=S)COC1COc2ccccc2OCCOCCOc2ccccc2OC1. The molecule has 1 aliphatic heterocycles. The number of hydrogen-bond donors (Lipinski definition) is 0. The van der Waals surface area contributed by atoms with E-state index in [1.54, 1.807) is 0 Å². The number of para-hydroxylation sites is 4. The molecule has 0 saturated heterocycles. The van der Waals surface area contributed by atoms with Crippen molar-refractivity contribution in [3.63, 3.8) is 0 Å². The van der Waals surface area contributed by atoms with E-state index in [-0.39, 0.29) is 19.3 Å². The second-order valence-electron chi connectivity index (χ2n) is 9.55. The molecule has 0 spiro atoms. The summed E-state index contributed by atoms with van der Waals surface area (Å²) >= 11 is 5.85. The normalized spacial score (nSPS) is 15.0. The number of fused-ring (bicyclic) bond motifs is 2. The number of rotatable bonds is 11. The van der Waals surface area contributed by atoms with Gasteiger partial charge in [0.1, 0.15) is 37.5 Å². The summed E-state index contributed by atoms with van der Waals surface area (Å²) in [5, 5.41) is 0. The quantitative estimate of drug-likeness (QED) is 0.234. The van der Waals surface area contributed by atoms with Gasteiger partial charge in [0, 0.05) is 13.1 Å². The smallest absolute Gasteiger partial charge is 0.161 e. The van der Waals surface area contributed by atoms with Gasteiger partial charge in [0.25, 0.3) is 0 Å². The van der Waals surface area contributed by atoms with E-state index in [4.69, 9.17) is 40.6 Å². The van der Waals surface area contributed by atoms with E-state index >= 15 is 0 Å². The predicted molar refractivity (Wildman–Crippen MR) is 159 cm³/mol. The average Bonchev–Trinajstić information content (AvgIpc) is 2.96. The third kappa shape index (κ3) is 11.6. The fourth-order valence-electron chi connectivity index (χ4n) is 4.16. The van der Waals surface area contributed by atoms with Crippen LogP contribution in [0.2, 0.25) is 0 Å². The lowest BCUT2D eigenvalue weighted by molar-refractivity contribution is 0.00626. The van der Waals surface area contributed by atoms with Crippen LogP contribution in [0.15, 0.2) is 48.5 Å². The van der Waals surface area contributed by atoms with E-state index in [2.05, 4.69) is 18.7 Å². The van der Waals surface area contributed by atoms with Crippen molar-refractivity contribution in [2.24, 2.45) is 0 Å². The molecule has 0 amide bonds. The van der Waals surface area contributed by atoms with Crippen molar-refractivity contribution in [1.29, 1.82) is 0 Å². The number of thiocarbonyl (C=S) groups is 1. The molecule has 2 aromatic carbocycles. The number of benzene rings is 2. The van der Waals surface area contributed by atoms with Gasteiger partial charge in [-0.3, -0.25) is 0 Å². The van der Waals surface area contributed by atoms with Crippen LogP contribution < -0.4 is 18.9 Å². The third-order valence-electron chi connectivity index (χ3n) is 6.38. The fourth-order valence-corrected chi connectivity index (χ4v) is 4.41. The van der Waals surface area contributed by atoms with Crippen LogP contribution in [0.3, 0.4) is 0 Å². The maximum Gasteiger partial charge on any atom is 0.161 e. The lowest BCUT2D eigenvalue weighted by Crippen LogP contribution is -2.37. The van der Waals surface area contributed by atoms with Crippen molar-refractivity contribution >= 4 is 17.2 Å². The summed E-state index contributed by atoms with van der Waals surface area (Å²) in [7, 11) is 0. The maximum atomic E-state index is 6.34. The standard InChI is InChI=1S/C31H45NO6S/c1-3-5-11-17-32(18-12-6-4-2)31(39)25-36-26-23-37-29-15-9-7-13-27(29)34-21-19-33-20-22-35-28-14-8-10-16-30(28)38-24-26/h7-10,13-16,26H,3-6,11-12,17-25H2,1-2H3. The first-order valence-corrected chi connectivity index (χ1v) is 14.8. The summed E-state index contributed by atoms with van der Waals surface area (Å²) in [6.45, 7) is 9.03. The van der Waals surface area contributed by atoms with E-state index in [1.807, 2.05) is 48.5 Å². The van der Waals surface area contributed by atoms with E-state index in [0.29, 0.717) is 56.0 Å². The maximum absolute atomic E-state index is 6.34. The first kappa shape index (κ1) is 31.0. The van der Waals surface area contributed by atoms with Gasteiger partial charge in [0.15, 0.2) is 23.0 Å². The lowest BCUT2D eigenvalue weighted by Gasteiger charge is -2.27. The molecule has 0 radical (unpaired) electrons. The van der Waals surface area contributed by atoms with Gasteiger partial charge in [-0.15, -0.1) is 0 Å². The van der Waals surface area contributed by atoms with Gasteiger partial charge in [-0.1, -0.05) is 76.0 Å². The molecule has 7 nitrogen and oxygen atoms in total. The second kappa shape index (κ2) is 18.7. The largest absolute Gasteiger partial charge is 0.487 e. The van der Waals surface area contributed by atoms with Crippen molar-refractivity contribution in [2.75, 3.05) is 59.3 Å². The van der Waals surface area contributed by atoms with Crippen molar-refractivity contribution < 1.29 is 28.4 Å². The van der Waals surface area contributed by atoms with Gasteiger partial charge < -0.3 is 33.3 Å². The van der Waals surface area contributed by atoms with Gasteiger partial charge in [-0.25, -0.2) is 0 Å². The molecule has 0 N–H and O–H groups in total. The summed E-state index contributed by atoms with van der Waals surface area (Å²) < 4.78 is 36.2. The highest BCUT2D eigenvalue weighted by atomic mass is 32.1. The minimum atomic E-state index is -0.353. The minimum Gasteiger partial charge on any atom is -0.487 e. The summed E-state index contributed by atoms with van der Waals surface area (Å²) in [5.74, 6) is 2.65. The molecule has 2 aromatic rings. The molecule has 0 aliphatic carbocycles. The van der Waals surface area contributed by atoms with Gasteiger partial charge in [0.05, 0.1) is 19.8 Å². The highest BCUT2D eigenvalue weighted by Gasteiger charge is 2.18. The predicted octanol–water partition coefficient (Wildman–Crippen LogP) is 6.33. The van der Waals surface area contributed by atoms with E-state index in [1.165, 1.54) is 25.7 Å². The molecule has 0 unspecified atom stereocenters. The zero-order valence-corrected chi connectivity index (χ0v) is 24.4. The molecule has 3 rings (SSSR count). The van der Waals surface area contributed by atoms with Crippen LogP contribution in [0, 0.1) is 0 Å². The summed E-state index contributed by atoms with van der Waals surface area (Å²) in [6.07, 6.45) is 6.70. The van der Waals surface area contributed by atoms with Gasteiger partial charge in [-0.2, -0.15) is 0 Å². The lowest BCUT2D eigenvalue weighted by atomic mass is 10.2. The van der Waals surface area contributed by atoms with Gasteiger partial charge in [0.2, 0.25) is 0 Å². The molecule has 0 atom stereocenters. The van der Waals surface area contributed by atoms with Crippen molar-refractivity contribution in [3.8, 4) is 23.0 Å². The summed E-state index contributed by atoms with van der Waals surface area (Å²) in [6, 6.07) is 15.3. The Kier molecular flexibility index (Phi) is 14.8. The molecular weight excluding hydrogens is 514 g/mol. The molecule has 39 heavy (non-hydrogen) atoms. The van der Waals surface area contributed by atoms with Crippen molar-refractivity contribution in [3.05, 3.63) is 48.5 Å².